The lowest BCUT2D eigenvalue weighted by atomic mass is 10.2. The van der Waals surface area contributed by atoms with E-state index in [-0.39, 0.29) is 48.1 Å². The Morgan fingerprint density at radius 2 is 2.07 bits per heavy atom. The number of ether oxygens (including phenoxy) is 1. The highest BCUT2D eigenvalue weighted by Crippen LogP contribution is 2.31. The highest BCUT2D eigenvalue weighted by Gasteiger charge is 2.26. The molecule has 1 fully saturated rings. The van der Waals surface area contributed by atoms with Crippen molar-refractivity contribution in [2.75, 3.05) is 43.4 Å². The highest BCUT2D eigenvalue weighted by molar-refractivity contribution is 14.0. The molecule has 0 radical (unpaired) electrons. The molecule has 1 atom stereocenters. The Balaban J connectivity index is 0.00000450. The number of guanidine groups is 1. The summed E-state index contributed by atoms with van der Waals surface area (Å²) in [5.74, 6) is 0.781. The Bertz CT molecular complexity index is 783. The van der Waals surface area contributed by atoms with Crippen LogP contribution in [0.15, 0.2) is 29.3 Å². The van der Waals surface area contributed by atoms with Crippen molar-refractivity contribution in [3.63, 3.8) is 0 Å². The summed E-state index contributed by atoms with van der Waals surface area (Å²) in [5.41, 5.74) is 0.632. The van der Waals surface area contributed by atoms with Crippen LogP contribution in [-0.4, -0.2) is 65.5 Å². The molecule has 8 nitrogen and oxygen atoms in total. The minimum absolute atomic E-state index is 0. The lowest BCUT2D eigenvalue weighted by Crippen LogP contribution is -2.45. The van der Waals surface area contributed by atoms with Gasteiger partial charge in [-0.05, 0) is 32.4 Å². The zero-order valence-electron chi connectivity index (χ0n) is 17.1. The third-order valence-corrected chi connectivity index (χ3v) is 5.78. The number of hydrogen-bond donors (Lipinski definition) is 3. The van der Waals surface area contributed by atoms with Crippen LogP contribution < -0.4 is 25.0 Å². The van der Waals surface area contributed by atoms with Crippen LogP contribution >= 0.6 is 24.0 Å². The first-order valence-corrected chi connectivity index (χ1v) is 11.3. The van der Waals surface area contributed by atoms with E-state index in [0.717, 1.165) is 6.42 Å². The molecule has 0 spiro atoms. The average Bonchev–Trinajstić information content (AvgIpc) is 3.13. The van der Waals surface area contributed by atoms with Gasteiger partial charge in [0.1, 0.15) is 5.75 Å². The topological polar surface area (TPSA) is 95.1 Å². The molecule has 1 aliphatic heterocycles. The van der Waals surface area contributed by atoms with Crippen molar-refractivity contribution in [2.45, 2.75) is 32.9 Å². The molecule has 1 heterocycles. The maximum absolute atomic E-state index is 12.6. The van der Waals surface area contributed by atoms with Crippen LogP contribution in [0.4, 0.5) is 14.5 Å². The van der Waals surface area contributed by atoms with Gasteiger partial charge in [0.05, 0.1) is 18.0 Å². The number of anilines is 1. The second-order valence-electron chi connectivity index (χ2n) is 6.48. The van der Waals surface area contributed by atoms with Crippen molar-refractivity contribution in [1.82, 2.24) is 15.4 Å². The number of para-hydroxylation sites is 2. The molecule has 2 rings (SSSR count). The van der Waals surface area contributed by atoms with Crippen molar-refractivity contribution in [3.05, 3.63) is 24.3 Å². The molecule has 0 amide bonds. The van der Waals surface area contributed by atoms with Gasteiger partial charge in [0.15, 0.2) is 5.96 Å². The van der Waals surface area contributed by atoms with Gasteiger partial charge in [0.25, 0.3) is 0 Å². The largest absolute Gasteiger partial charge is 0.433 e. The third-order valence-electron chi connectivity index (χ3n) is 4.38. The summed E-state index contributed by atoms with van der Waals surface area (Å²) in [4.78, 5) is 6.39. The monoisotopic (exact) mass is 561 g/mol. The molecular weight excluding hydrogens is 531 g/mol. The van der Waals surface area contributed by atoms with Gasteiger partial charge >= 0.3 is 6.61 Å². The van der Waals surface area contributed by atoms with Gasteiger partial charge in [-0.25, -0.2) is 13.1 Å². The molecule has 1 aromatic carbocycles. The second-order valence-corrected chi connectivity index (χ2v) is 8.58. The van der Waals surface area contributed by atoms with E-state index < -0.39 is 16.6 Å². The molecular formula is C18H30F2IN5O3S. The Morgan fingerprint density at radius 3 is 2.73 bits per heavy atom. The van der Waals surface area contributed by atoms with Crippen molar-refractivity contribution in [1.29, 1.82) is 0 Å². The maximum Gasteiger partial charge on any atom is 0.387 e. The fourth-order valence-electron chi connectivity index (χ4n) is 3.00. The fourth-order valence-corrected chi connectivity index (χ4v) is 3.60. The van der Waals surface area contributed by atoms with Gasteiger partial charge in [0, 0.05) is 32.2 Å². The zero-order valence-corrected chi connectivity index (χ0v) is 20.3. The van der Waals surface area contributed by atoms with Gasteiger partial charge in [-0.3, -0.25) is 4.99 Å². The minimum Gasteiger partial charge on any atom is -0.433 e. The van der Waals surface area contributed by atoms with E-state index in [9.17, 15) is 17.2 Å². The highest BCUT2D eigenvalue weighted by atomic mass is 127. The van der Waals surface area contributed by atoms with E-state index in [1.165, 1.54) is 6.07 Å². The molecule has 0 aliphatic carbocycles. The van der Waals surface area contributed by atoms with Crippen LogP contribution in [0.3, 0.4) is 0 Å². The molecule has 1 saturated heterocycles. The van der Waals surface area contributed by atoms with Crippen molar-refractivity contribution >= 4 is 45.6 Å². The first-order chi connectivity index (χ1) is 13.8. The number of benzene rings is 1. The van der Waals surface area contributed by atoms with Gasteiger partial charge in [-0.1, -0.05) is 12.1 Å². The summed E-state index contributed by atoms with van der Waals surface area (Å²) >= 11 is 0. The number of rotatable bonds is 10. The molecule has 0 saturated carbocycles. The number of nitrogens with one attached hydrogen (secondary N) is 3. The van der Waals surface area contributed by atoms with Crippen LogP contribution in [0, 0.1) is 0 Å². The maximum atomic E-state index is 12.6. The van der Waals surface area contributed by atoms with E-state index >= 15 is 0 Å². The number of hydrogen-bond acceptors (Lipinski definition) is 5. The summed E-state index contributed by atoms with van der Waals surface area (Å²) in [6.45, 7) is 3.13. The first kappa shape index (κ1) is 26.6. The van der Waals surface area contributed by atoms with Crippen LogP contribution in [0.25, 0.3) is 0 Å². The summed E-state index contributed by atoms with van der Waals surface area (Å²) in [7, 11) is -3.23. The number of nitrogens with zero attached hydrogens (tertiary/aromatic N) is 2. The zero-order chi connectivity index (χ0) is 21.3. The van der Waals surface area contributed by atoms with E-state index in [0.29, 0.717) is 37.8 Å². The second kappa shape index (κ2) is 13.1. The number of alkyl halides is 2. The molecule has 3 N–H and O–H groups in total. The van der Waals surface area contributed by atoms with Crippen molar-refractivity contribution in [2.24, 2.45) is 4.99 Å². The summed E-state index contributed by atoms with van der Waals surface area (Å²) in [5, 5.41) is 6.45. The van der Waals surface area contributed by atoms with E-state index in [4.69, 9.17) is 0 Å². The fraction of sp³-hybridized carbons (Fsp3) is 0.611. The molecule has 1 aliphatic rings. The molecule has 12 heteroatoms. The number of aliphatic imine (C=N–C) groups is 1. The van der Waals surface area contributed by atoms with Crippen LogP contribution in [0.2, 0.25) is 0 Å². The lowest BCUT2D eigenvalue weighted by molar-refractivity contribution is -0.0495. The van der Waals surface area contributed by atoms with Crippen LogP contribution in [0.1, 0.15) is 20.3 Å². The van der Waals surface area contributed by atoms with E-state index in [1.54, 1.807) is 25.1 Å². The number of halogens is 3. The molecule has 1 unspecified atom stereocenters. The van der Waals surface area contributed by atoms with Crippen LogP contribution in [0.5, 0.6) is 5.75 Å². The summed E-state index contributed by atoms with van der Waals surface area (Å²) in [6.07, 6.45) is 0.801. The van der Waals surface area contributed by atoms with Gasteiger partial charge in [0.2, 0.25) is 10.0 Å². The predicted octanol–water partition coefficient (Wildman–Crippen LogP) is 1.98. The van der Waals surface area contributed by atoms with Crippen molar-refractivity contribution in [3.8, 4) is 5.75 Å². The van der Waals surface area contributed by atoms with Crippen molar-refractivity contribution < 1.29 is 21.9 Å². The number of sulfonamides is 1. The van der Waals surface area contributed by atoms with Gasteiger partial charge in [-0.15, -0.1) is 24.0 Å². The first-order valence-electron chi connectivity index (χ1n) is 9.65. The molecule has 0 aromatic heterocycles. The SMILES string of the molecule is CCNC(=NCCNS(=O)(=O)CC)NC1CCN(c2ccccc2OC(F)F)C1.I. The summed E-state index contributed by atoms with van der Waals surface area (Å²) < 4.78 is 55.3. The van der Waals surface area contributed by atoms with Gasteiger partial charge < -0.3 is 20.3 Å². The average molecular weight is 561 g/mol. The predicted molar refractivity (Wildman–Crippen MR) is 126 cm³/mol. The molecule has 0 bridgehead atoms. The Kier molecular flexibility index (Phi) is 11.6. The quantitative estimate of drug-likeness (QED) is 0.175. The lowest BCUT2D eigenvalue weighted by Gasteiger charge is -2.22. The minimum atomic E-state index is -3.23. The normalized spacial score (nSPS) is 17.0. The Morgan fingerprint density at radius 1 is 1.33 bits per heavy atom. The van der Waals surface area contributed by atoms with E-state index in [2.05, 4.69) is 25.1 Å². The molecule has 172 valence electrons. The Hall–Kier alpha value is -1.41. The van der Waals surface area contributed by atoms with Gasteiger partial charge in [-0.2, -0.15) is 8.78 Å². The summed E-state index contributed by atoms with van der Waals surface area (Å²) in [6, 6.07) is 6.82. The smallest absolute Gasteiger partial charge is 0.387 e. The Labute approximate surface area is 193 Å². The molecule has 30 heavy (non-hydrogen) atoms. The standard InChI is InChI=1S/C18H29F2N5O3S.HI/c1-3-21-18(22-10-11-23-29(26,27)4-2)24-14-9-12-25(13-14)15-7-5-6-8-16(15)28-17(19)20;/h5-8,14,17,23H,3-4,9-13H2,1-2H3,(H2,21,22,24);1H. The third kappa shape index (κ3) is 8.76. The van der Waals surface area contributed by atoms with E-state index in [1.807, 2.05) is 11.8 Å². The van der Waals surface area contributed by atoms with Crippen LogP contribution in [-0.2, 0) is 10.0 Å². The molecule has 1 aromatic rings.